The van der Waals surface area contributed by atoms with E-state index in [-0.39, 0.29) is 0 Å². The molecule has 0 amide bonds. The van der Waals surface area contributed by atoms with Gasteiger partial charge in [-0.1, -0.05) is 51.3 Å². The summed E-state index contributed by atoms with van der Waals surface area (Å²) in [5.41, 5.74) is 4.90. The SMILES string of the molecule is CCCCC1(N(C)C)CCC(c2[nH]c3ccccc3c2CCC)CC1. The molecule has 25 heavy (non-hydrogen) atoms. The van der Waals surface area contributed by atoms with E-state index in [1.54, 1.807) is 11.3 Å². The van der Waals surface area contributed by atoms with Crippen LogP contribution in [-0.4, -0.2) is 29.5 Å². The van der Waals surface area contributed by atoms with Crippen molar-refractivity contribution in [1.82, 2.24) is 9.88 Å². The monoisotopic (exact) mass is 340 g/mol. The third-order valence-electron chi connectivity index (χ3n) is 6.62. The lowest BCUT2D eigenvalue weighted by Crippen LogP contribution is -2.46. The summed E-state index contributed by atoms with van der Waals surface area (Å²) in [6.45, 7) is 4.62. The average Bonchev–Trinajstić information content (AvgIpc) is 2.99. The fourth-order valence-electron chi connectivity index (χ4n) is 4.96. The number of aromatic nitrogens is 1. The minimum absolute atomic E-state index is 0.434. The predicted molar refractivity (Wildman–Crippen MR) is 109 cm³/mol. The van der Waals surface area contributed by atoms with Gasteiger partial charge < -0.3 is 9.88 Å². The van der Waals surface area contributed by atoms with E-state index in [1.165, 1.54) is 68.7 Å². The van der Waals surface area contributed by atoms with Crippen molar-refractivity contribution >= 4 is 10.9 Å². The first-order valence-corrected chi connectivity index (χ1v) is 10.4. The van der Waals surface area contributed by atoms with Crippen LogP contribution in [0.15, 0.2) is 24.3 Å². The van der Waals surface area contributed by atoms with Gasteiger partial charge in [-0.25, -0.2) is 0 Å². The molecule has 0 spiro atoms. The molecule has 2 heteroatoms. The van der Waals surface area contributed by atoms with Crippen LogP contribution < -0.4 is 0 Å². The highest BCUT2D eigenvalue weighted by Gasteiger charge is 2.37. The van der Waals surface area contributed by atoms with Gasteiger partial charge in [0.1, 0.15) is 0 Å². The molecular weight excluding hydrogens is 304 g/mol. The van der Waals surface area contributed by atoms with Gasteiger partial charge in [0.15, 0.2) is 0 Å². The minimum Gasteiger partial charge on any atom is -0.358 e. The first-order chi connectivity index (χ1) is 12.1. The topological polar surface area (TPSA) is 19.0 Å². The Morgan fingerprint density at radius 3 is 2.44 bits per heavy atom. The molecule has 0 radical (unpaired) electrons. The number of benzene rings is 1. The second-order valence-electron chi connectivity index (χ2n) is 8.31. The van der Waals surface area contributed by atoms with E-state index in [1.807, 2.05) is 0 Å². The van der Waals surface area contributed by atoms with E-state index in [0.717, 1.165) is 0 Å². The highest BCUT2D eigenvalue weighted by molar-refractivity contribution is 5.84. The fourth-order valence-corrected chi connectivity index (χ4v) is 4.96. The zero-order chi connectivity index (χ0) is 17.9. The maximum atomic E-state index is 3.80. The Kier molecular flexibility index (Phi) is 5.89. The number of fused-ring (bicyclic) bond motifs is 1. The van der Waals surface area contributed by atoms with Gasteiger partial charge >= 0.3 is 0 Å². The molecule has 1 saturated carbocycles. The van der Waals surface area contributed by atoms with Crippen molar-refractivity contribution in [2.75, 3.05) is 14.1 Å². The number of hydrogen-bond donors (Lipinski definition) is 1. The molecule has 0 unspecified atom stereocenters. The van der Waals surface area contributed by atoms with Crippen LogP contribution in [0.4, 0.5) is 0 Å². The predicted octanol–water partition coefficient (Wildman–Crippen LogP) is 6.27. The summed E-state index contributed by atoms with van der Waals surface area (Å²) < 4.78 is 0. The van der Waals surface area contributed by atoms with E-state index >= 15 is 0 Å². The normalized spacial score (nSPS) is 24.3. The smallest absolute Gasteiger partial charge is 0.0459 e. The third-order valence-corrected chi connectivity index (χ3v) is 6.62. The van der Waals surface area contributed by atoms with Crippen LogP contribution in [0.3, 0.4) is 0 Å². The number of unbranched alkanes of at least 4 members (excludes halogenated alkanes) is 1. The molecule has 138 valence electrons. The second kappa shape index (κ2) is 7.95. The van der Waals surface area contributed by atoms with Crippen molar-refractivity contribution in [3.05, 3.63) is 35.5 Å². The van der Waals surface area contributed by atoms with Crippen LogP contribution in [0, 0.1) is 0 Å². The average molecular weight is 341 g/mol. The molecule has 3 rings (SSSR count). The summed E-state index contributed by atoms with van der Waals surface area (Å²) in [7, 11) is 4.59. The molecule has 0 atom stereocenters. The van der Waals surface area contributed by atoms with Crippen LogP contribution in [0.5, 0.6) is 0 Å². The van der Waals surface area contributed by atoms with E-state index in [0.29, 0.717) is 11.5 Å². The Hall–Kier alpha value is -1.28. The van der Waals surface area contributed by atoms with Crippen LogP contribution in [0.25, 0.3) is 10.9 Å². The number of rotatable bonds is 7. The number of aromatic amines is 1. The lowest BCUT2D eigenvalue weighted by Gasteiger charge is -2.45. The van der Waals surface area contributed by atoms with Gasteiger partial charge in [-0.15, -0.1) is 0 Å². The summed E-state index contributed by atoms with van der Waals surface area (Å²) in [6.07, 6.45) is 11.8. The molecule has 1 N–H and O–H groups in total. The molecule has 1 aliphatic rings. The molecule has 1 fully saturated rings. The molecule has 2 aromatic rings. The van der Waals surface area contributed by atoms with Crippen molar-refractivity contribution < 1.29 is 0 Å². The standard InChI is InChI=1S/C23H36N2/c1-5-7-15-23(25(3)4)16-13-18(14-17-23)22-20(10-6-2)19-11-8-9-12-21(19)24-22/h8-9,11-12,18,24H,5-7,10,13-17H2,1-4H3. The summed E-state index contributed by atoms with van der Waals surface area (Å²) in [4.78, 5) is 6.33. The molecule has 0 bridgehead atoms. The van der Waals surface area contributed by atoms with Crippen LogP contribution in [0.1, 0.15) is 82.4 Å². The zero-order valence-electron chi connectivity index (χ0n) is 16.7. The largest absolute Gasteiger partial charge is 0.358 e. The van der Waals surface area contributed by atoms with Crippen molar-refractivity contribution in [3.8, 4) is 0 Å². The number of para-hydroxylation sites is 1. The number of H-pyrrole nitrogens is 1. The van der Waals surface area contributed by atoms with Crippen molar-refractivity contribution in [2.24, 2.45) is 0 Å². The van der Waals surface area contributed by atoms with E-state index in [4.69, 9.17) is 0 Å². The zero-order valence-corrected chi connectivity index (χ0v) is 16.7. The summed E-state index contributed by atoms with van der Waals surface area (Å²) in [5, 5.41) is 1.45. The highest BCUT2D eigenvalue weighted by atomic mass is 15.1. The molecule has 1 heterocycles. The quantitative estimate of drug-likeness (QED) is 0.629. The number of aryl methyl sites for hydroxylation is 1. The van der Waals surface area contributed by atoms with Crippen molar-refractivity contribution in [1.29, 1.82) is 0 Å². The fraction of sp³-hybridized carbons (Fsp3) is 0.652. The lowest BCUT2D eigenvalue weighted by atomic mass is 9.72. The van der Waals surface area contributed by atoms with E-state index < -0.39 is 0 Å². The molecule has 0 aliphatic heterocycles. The molecular formula is C23H36N2. The van der Waals surface area contributed by atoms with Crippen LogP contribution >= 0.6 is 0 Å². The Balaban J connectivity index is 1.83. The van der Waals surface area contributed by atoms with Crippen molar-refractivity contribution in [2.45, 2.75) is 83.1 Å². The van der Waals surface area contributed by atoms with Gasteiger partial charge in [0.2, 0.25) is 0 Å². The molecule has 1 aromatic heterocycles. The van der Waals surface area contributed by atoms with Gasteiger partial charge in [-0.2, -0.15) is 0 Å². The Morgan fingerprint density at radius 2 is 1.80 bits per heavy atom. The first kappa shape index (κ1) is 18.5. The number of nitrogens with one attached hydrogen (secondary N) is 1. The molecule has 0 saturated heterocycles. The summed E-state index contributed by atoms with van der Waals surface area (Å²) in [6, 6.07) is 8.88. The Labute approximate surface area is 154 Å². The number of nitrogens with zero attached hydrogens (tertiary/aromatic N) is 1. The van der Waals surface area contributed by atoms with E-state index in [2.05, 4.69) is 62.1 Å². The first-order valence-electron chi connectivity index (χ1n) is 10.4. The minimum atomic E-state index is 0.434. The van der Waals surface area contributed by atoms with Gasteiger partial charge in [0.05, 0.1) is 0 Å². The molecule has 2 nitrogen and oxygen atoms in total. The molecule has 1 aliphatic carbocycles. The summed E-state index contributed by atoms with van der Waals surface area (Å²) in [5.74, 6) is 0.712. The van der Waals surface area contributed by atoms with Crippen LogP contribution in [-0.2, 0) is 6.42 Å². The Bertz CT molecular complexity index is 674. The number of hydrogen-bond acceptors (Lipinski definition) is 1. The van der Waals surface area contributed by atoms with Gasteiger partial charge in [0.25, 0.3) is 0 Å². The maximum absolute atomic E-state index is 3.80. The van der Waals surface area contributed by atoms with Gasteiger partial charge in [-0.05, 0) is 70.2 Å². The highest BCUT2D eigenvalue weighted by Crippen LogP contribution is 2.44. The Morgan fingerprint density at radius 1 is 1.08 bits per heavy atom. The van der Waals surface area contributed by atoms with E-state index in [9.17, 15) is 0 Å². The van der Waals surface area contributed by atoms with Crippen molar-refractivity contribution in [3.63, 3.8) is 0 Å². The lowest BCUT2D eigenvalue weighted by molar-refractivity contribution is 0.0802. The van der Waals surface area contributed by atoms with Gasteiger partial charge in [-0.3, -0.25) is 0 Å². The third kappa shape index (κ3) is 3.65. The second-order valence-corrected chi connectivity index (χ2v) is 8.31. The summed E-state index contributed by atoms with van der Waals surface area (Å²) >= 11 is 0. The van der Waals surface area contributed by atoms with Gasteiger partial charge in [0, 0.05) is 22.1 Å². The maximum Gasteiger partial charge on any atom is 0.0459 e. The molecule has 1 aromatic carbocycles. The van der Waals surface area contributed by atoms with Crippen LogP contribution in [0.2, 0.25) is 0 Å².